The Balaban J connectivity index is 1.62. The normalized spacial score (nSPS) is 21.3. The summed E-state index contributed by atoms with van der Waals surface area (Å²) in [6.07, 6.45) is 5.29. The molecular weight excluding hydrogens is 334 g/mol. The van der Waals surface area contributed by atoms with Crippen LogP contribution in [-0.4, -0.2) is 57.1 Å². The zero-order valence-corrected chi connectivity index (χ0v) is 15.5. The second-order valence-corrected chi connectivity index (χ2v) is 6.47. The minimum absolute atomic E-state index is 0.0153. The highest BCUT2D eigenvalue weighted by atomic mass is 16.7. The van der Waals surface area contributed by atoms with Crippen molar-refractivity contribution in [2.24, 2.45) is 5.92 Å². The molecule has 0 spiro atoms. The standard InChI is InChI=1S/C20H27NO5/c1-3-24-18-13-15(6-8-17(18)23-2)7-9-19(22)21-10-4-5-16(14-21)20-25-11-12-26-20/h6-9,13,16,20H,3-5,10-12,14H2,1-2H3/b9-7+. The van der Waals surface area contributed by atoms with Crippen LogP contribution in [0.1, 0.15) is 25.3 Å². The summed E-state index contributed by atoms with van der Waals surface area (Å²) in [5.41, 5.74) is 0.901. The molecule has 26 heavy (non-hydrogen) atoms. The third kappa shape index (κ3) is 4.56. The van der Waals surface area contributed by atoms with Gasteiger partial charge in [-0.2, -0.15) is 0 Å². The molecule has 2 aliphatic heterocycles. The van der Waals surface area contributed by atoms with Crippen molar-refractivity contribution in [3.05, 3.63) is 29.8 Å². The van der Waals surface area contributed by atoms with Crippen LogP contribution in [0.3, 0.4) is 0 Å². The molecule has 142 valence electrons. The smallest absolute Gasteiger partial charge is 0.246 e. The number of rotatable bonds is 6. The first kappa shape index (κ1) is 18.7. The van der Waals surface area contributed by atoms with Gasteiger partial charge in [-0.25, -0.2) is 0 Å². The molecule has 0 aliphatic carbocycles. The van der Waals surface area contributed by atoms with Crippen molar-refractivity contribution >= 4 is 12.0 Å². The van der Waals surface area contributed by atoms with Gasteiger partial charge in [-0.3, -0.25) is 4.79 Å². The fraction of sp³-hybridized carbons (Fsp3) is 0.550. The van der Waals surface area contributed by atoms with Crippen molar-refractivity contribution in [2.75, 3.05) is 40.0 Å². The number of ether oxygens (including phenoxy) is 4. The number of likely N-dealkylation sites (tertiary alicyclic amines) is 1. The lowest BCUT2D eigenvalue weighted by atomic mass is 9.97. The Hall–Kier alpha value is -2.05. The van der Waals surface area contributed by atoms with Gasteiger partial charge in [0.2, 0.25) is 5.91 Å². The Morgan fingerprint density at radius 2 is 2.12 bits per heavy atom. The van der Waals surface area contributed by atoms with Crippen LogP contribution >= 0.6 is 0 Å². The molecule has 0 radical (unpaired) electrons. The van der Waals surface area contributed by atoms with Crippen LogP contribution in [-0.2, 0) is 14.3 Å². The van der Waals surface area contributed by atoms with E-state index < -0.39 is 0 Å². The third-order valence-electron chi connectivity index (χ3n) is 4.71. The van der Waals surface area contributed by atoms with E-state index in [4.69, 9.17) is 18.9 Å². The van der Waals surface area contributed by atoms with Crippen LogP contribution in [0.25, 0.3) is 6.08 Å². The molecule has 0 saturated carbocycles. The van der Waals surface area contributed by atoms with Gasteiger partial charge in [-0.15, -0.1) is 0 Å². The van der Waals surface area contributed by atoms with Gasteiger partial charge in [0, 0.05) is 25.1 Å². The summed E-state index contributed by atoms with van der Waals surface area (Å²) in [6.45, 7) is 5.24. The van der Waals surface area contributed by atoms with E-state index in [2.05, 4.69) is 0 Å². The van der Waals surface area contributed by atoms with E-state index in [0.29, 0.717) is 37.9 Å². The molecule has 6 nitrogen and oxygen atoms in total. The Kier molecular flexibility index (Phi) is 6.52. The van der Waals surface area contributed by atoms with E-state index in [9.17, 15) is 4.79 Å². The van der Waals surface area contributed by atoms with E-state index in [0.717, 1.165) is 24.9 Å². The minimum atomic E-state index is -0.162. The van der Waals surface area contributed by atoms with E-state index in [-0.39, 0.29) is 18.1 Å². The van der Waals surface area contributed by atoms with Gasteiger partial charge in [0.1, 0.15) is 0 Å². The predicted octanol–water partition coefficient (Wildman–Crippen LogP) is 2.72. The molecule has 6 heteroatoms. The summed E-state index contributed by atoms with van der Waals surface area (Å²) in [6, 6.07) is 5.64. The molecule has 0 N–H and O–H groups in total. The predicted molar refractivity (Wildman–Crippen MR) is 98.2 cm³/mol. The number of amides is 1. The number of nitrogens with zero attached hydrogens (tertiary/aromatic N) is 1. The van der Waals surface area contributed by atoms with Crippen LogP contribution in [0.2, 0.25) is 0 Å². The topological polar surface area (TPSA) is 57.2 Å². The van der Waals surface area contributed by atoms with Gasteiger partial charge in [0.25, 0.3) is 0 Å². The van der Waals surface area contributed by atoms with Gasteiger partial charge in [-0.05, 0) is 43.5 Å². The van der Waals surface area contributed by atoms with E-state index in [1.54, 1.807) is 13.2 Å². The van der Waals surface area contributed by atoms with Crippen molar-refractivity contribution < 1.29 is 23.7 Å². The number of carbonyl (C=O) groups is 1. The quantitative estimate of drug-likeness (QED) is 0.729. The second-order valence-electron chi connectivity index (χ2n) is 6.47. The van der Waals surface area contributed by atoms with Gasteiger partial charge in [0.15, 0.2) is 17.8 Å². The van der Waals surface area contributed by atoms with Crippen molar-refractivity contribution in [2.45, 2.75) is 26.1 Å². The number of hydrogen-bond acceptors (Lipinski definition) is 5. The lowest BCUT2D eigenvalue weighted by molar-refractivity contribution is -0.134. The lowest BCUT2D eigenvalue weighted by Crippen LogP contribution is -2.43. The Bertz CT molecular complexity index is 639. The SMILES string of the molecule is CCOc1cc(/C=C/C(=O)N2CCCC(C3OCCO3)C2)ccc1OC. The maximum absolute atomic E-state index is 12.6. The molecule has 0 bridgehead atoms. The first-order valence-corrected chi connectivity index (χ1v) is 9.22. The molecule has 1 unspecified atom stereocenters. The fourth-order valence-electron chi connectivity index (χ4n) is 3.42. The Morgan fingerprint density at radius 3 is 2.85 bits per heavy atom. The molecular formula is C20H27NO5. The second kappa shape index (κ2) is 9.05. The zero-order valence-electron chi connectivity index (χ0n) is 15.5. The number of benzene rings is 1. The summed E-state index contributed by atoms with van der Waals surface area (Å²) < 4.78 is 22.1. The van der Waals surface area contributed by atoms with Crippen LogP contribution in [0.4, 0.5) is 0 Å². The third-order valence-corrected chi connectivity index (χ3v) is 4.71. The number of carbonyl (C=O) groups excluding carboxylic acids is 1. The molecule has 2 heterocycles. The lowest BCUT2D eigenvalue weighted by Gasteiger charge is -2.34. The maximum Gasteiger partial charge on any atom is 0.246 e. The average Bonchev–Trinajstić information content (AvgIpc) is 3.21. The van der Waals surface area contributed by atoms with Crippen molar-refractivity contribution in [1.82, 2.24) is 4.90 Å². The number of piperidine rings is 1. The van der Waals surface area contributed by atoms with Crippen molar-refractivity contribution in [3.8, 4) is 11.5 Å². The molecule has 2 fully saturated rings. The summed E-state index contributed by atoms with van der Waals surface area (Å²) >= 11 is 0. The number of methoxy groups -OCH3 is 1. The molecule has 1 aromatic rings. The minimum Gasteiger partial charge on any atom is -0.493 e. The molecule has 2 saturated heterocycles. The molecule has 1 amide bonds. The van der Waals surface area contributed by atoms with Gasteiger partial charge in [0.05, 0.1) is 26.9 Å². The highest BCUT2D eigenvalue weighted by Gasteiger charge is 2.32. The largest absolute Gasteiger partial charge is 0.493 e. The van der Waals surface area contributed by atoms with Crippen LogP contribution < -0.4 is 9.47 Å². The van der Waals surface area contributed by atoms with Crippen LogP contribution in [0, 0.1) is 5.92 Å². The highest BCUT2D eigenvalue weighted by Crippen LogP contribution is 2.29. The number of hydrogen-bond donors (Lipinski definition) is 0. The van der Waals surface area contributed by atoms with Gasteiger partial charge >= 0.3 is 0 Å². The van der Waals surface area contributed by atoms with Crippen molar-refractivity contribution in [3.63, 3.8) is 0 Å². The van der Waals surface area contributed by atoms with E-state index in [1.165, 1.54) is 0 Å². The maximum atomic E-state index is 12.6. The average molecular weight is 361 g/mol. The molecule has 0 aromatic heterocycles. The summed E-state index contributed by atoms with van der Waals surface area (Å²) in [5, 5.41) is 0. The van der Waals surface area contributed by atoms with Crippen LogP contribution in [0.15, 0.2) is 24.3 Å². The Morgan fingerprint density at radius 1 is 1.31 bits per heavy atom. The molecule has 2 aliphatic rings. The summed E-state index contributed by atoms with van der Waals surface area (Å²) in [5.74, 6) is 1.64. The summed E-state index contributed by atoms with van der Waals surface area (Å²) in [4.78, 5) is 14.4. The first-order chi connectivity index (χ1) is 12.7. The monoisotopic (exact) mass is 361 g/mol. The first-order valence-electron chi connectivity index (χ1n) is 9.22. The molecule has 1 aromatic carbocycles. The molecule has 1 atom stereocenters. The zero-order chi connectivity index (χ0) is 18.4. The fourth-order valence-corrected chi connectivity index (χ4v) is 3.42. The summed E-state index contributed by atoms with van der Waals surface area (Å²) in [7, 11) is 1.61. The molecule has 3 rings (SSSR count). The van der Waals surface area contributed by atoms with Gasteiger partial charge < -0.3 is 23.8 Å². The Labute approximate surface area is 154 Å². The van der Waals surface area contributed by atoms with E-state index >= 15 is 0 Å². The van der Waals surface area contributed by atoms with Crippen molar-refractivity contribution in [1.29, 1.82) is 0 Å². The van der Waals surface area contributed by atoms with E-state index in [1.807, 2.05) is 36.1 Å². The van der Waals surface area contributed by atoms with Crippen LogP contribution in [0.5, 0.6) is 11.5 Å². The van der Waals surface area contributed by atoms with Gasteiger partial charge in [-0.1, -0.05) is 6.07 Å². The highest BCUT2D eigenvalue weighted by molar-refractivity contribution is 5.92.